The van der Waals surface area contributed by atoms with Gasteiger partial charge in [0, 0.05) is 17.1 Å². The van der Waals surface area contributed by atoms with E-state index in [1.165, 1.54) is 33.0 Å². The van der Waals surface area contributed by atoms with Crippen molar-refractivity contribution in [3.05, 3.63) is 186 Å². The minimum absolute atomic E-state index is 0.301. The number of hydrogen-bond donors (Lipinski definition) is 0. The first-order valence-electron chi connectivity index (χ1n) is 15.5. The van der Waals surface area contributed by atoms with Crippen LogP contribution >= 0.6 is 0 Å². The van der Waals surface area contributed by atoms with Crippen LogP contribution in [0, 0.1) is 0 Å². The molecular weight excluding hydrogens is 583 g/mol. The summed E-state index contributed by atoms with van der Waals surface area (Å²) >= 11 is 0. The Labute approximate surface area is 270 Å². The molecular formula is C42H31NO2S. The van der Waals surface area contributed by atoms with Gasteiger partial charge in [0.2, 0.25) is 9.84 Å². The number of benzene rings is 7. The van der Waals surface area contributed by atoms with Crippen LogP contribution in [0.3, 0.4) is 0 Å². The van der Waals surface area contributed by atoms with E-state index in [9.17, 15) is 8.42 Å². The molecule has 222 valence electrons. The van der Waals surface area contributed by atoms with Crippen LogP contribution < -0.4 is 4.90 Å². The molecule has 7 aromatic carbocycles. The van der Waals surface area contributed by atoms with Gasteiger partial charge in [-0.1, -0.05) is 97.1 Å². The second-order valence-electron chi connectivity index (χ2n) is 11.8. The Kier molecular flexibility index (Phi) is 7.00. The summed E-state index contributed by atoms with van der Waals surface area (Å²) in [7, 11) is -3.55. The van der Waals surface area contributed by atoms with Crippen molar-refractivity contribution >= 4 is 37.7 Å². The van der Waals surface area contributed by atoms with E-state index >= 15 is 0 Å². The standard InChI is InChI=1S/C42H31NO2S/c44-46(45,41-14-8-3-9-15-41)42-22-19-30(20-23-42)31-16-17-32-25-36-28-37-29-40(21-18-33(37)26-35(36)27-34(32)24-31)43(38-10-4-1-5-11-38)39-12-6-2-7-13-39/h1-25,27,29H,26,28H2. The molecule has 0 aliphatic heterocycles. The van der Waals surface area contributed by atoms with Gasteiger partial charge in [0.15, 0.2) is 0 Å². The highest BCUT2D eigenvalue weighted by atomic mass is 32.2. The van der Waals surface area contributed by atoms with Gasteiger partial charge in [-0.25, -0.2) is 8.42 Å². The maximum absolute atomic E-state index is 13.1. The Hall–Kier alpha value is -5.45. The largest absolute Gasteiger partial charge is 0.310 e. The molecule has 0 amide bonds. The first-order valence-corrected chi connectivity index (χ1v) is 17.0. The van der Waals surface area contributed by atoms with Crippen molar-refractivity contribution in [2.75, 3.05) is 4.90 Å². The van der Waals surface area contributed by atoms with Crippen molar-refractivity contribution in [3.63, 3.8) is 0 Å². The smallest absolute Gasteiger partial charge is 0.206 e. The Balaban J connectivity index is 1.09. The summed E-state index contributed by atoms with van der Waals surface area (Å²) in [5.41, 5.74) is 10.9. The monoisotopic (exact) mass is 613 g/mol. The summed E-state index contributed by atoms with van der Waals surface area (Å²) in [5, 5.41) is 2.40. The van der Waals surface area contributed by atoms with Crippen LogP contribution in [0.4, 0.5) is 17.1 Å². The molecule has 3 nitrogen and oxygen atoms in total. The molecule has 0 unspecified atom stereocenters. The number of fused-ring (bicyclic) bond motifs is 3. The Morgan fingerprint density at radius 2 is 0.913 bits per heavy atom. The molecule has 0 atom stereocenters. The summed E-state index contributed by atoms with van der Waals surface area (Å²) in [6, 6.07) is 54.9. The van der Waals surface area contributed by atoms with Gasteiger partial charge in [0.05, 0.1) is 9.79 Å². The zero-order valence-electron chi connectivity index (χ0n) is 25.2. The van der Waals surface area contributed by atoms with Gasteiger partial charge in [-0.2, -0.15) is 0 Å². The van der Waals surface area contributed by atoms with E-state index in [4.69, 9.17) is 0 Å². The van der Waals surface area contributed by atoms with Gasteiger partial charge >= 0.3 is 0 Å². The summed E-state index contributed by atoms with van der Waals surface area (Å²) in [4.78, 5) is 2.93. The maximum Gasteiger partial charge on any atom is 0.206 e. The highest BCUT2D eigenvalue weighted by Gasteiger charge is 2.20. The summed E-state index contributed by atoms with van der Waals surface area (Å²) in [6.45, 7) is 0. The van der Waals surface area contributed by atoms with Gasteiger partial charge in [-0.15, -0.1) is 0 Å². The molecule has 7 aromatic rings. The van der Waals surface area contributed by atoms with Crippen molar-refractivity contribution in [3.8, 4) is 11.1 Å². The van der Waals surface area contributed by atoms with Gasteiger partial charge in [0.25, 0.3) is 0 Å². The third-order valence-electron chi connectivity index (χ3n) is 8.95. The summed E-state index contributed by atoms with van der Waals surface area (Å²) in [6.07, 6.45) is 1.79. The van der Waals surface area contributed by atoms with Crippen molar-refractivity contribution in [2.24, 2.45) is 0 Å². The van der Waals surface area contributed by atoms with E-state index in [1.807, 2.05) is 18.2 Å². The van der Waals surface area contributed by atoms with Crippen molar-refractivity contribution in [1.29, 1.82) is 0 Å². The van der Waals surface area contributed by atoms with Crippen LogP contribution in [-0.2, 0) is 22.7 Å². The molecule has 0 radical (unpaired) electrons. The molecule has 0 fully saturated rings. The van der Waals surface area contributed by atoms with Gasteiger partial charge in [-0.3, -0.25) is 0 Å². The van der Waals surface area contributed by atoms with E-state index in [0.717, 1.165) is 41.0 Å². The third kappa shape index (κ3) is 5.17. The SMILES string of the molecule is O=S(=O)(c1ccccc1)c1ccc(-c2ccc3cc4c(cc3c2)Cc2ccc(N(c3ccccc3)c3ccccc3)cc2C4)cc1. The van der Waals surface area contributed by atoms with Crippen LogP contribution in [-0.4, -0.2) is 8.42 Å². The minimum Gasteiger partial charge on any atom is -0.310 e. The second kappa shape index (κ2) is 11.5. The predicted octanol–water partition coefficient (Wildman–Crippen LogP) is 10.3. The molecule has 0 spiro atoms. The number of sulfone groups is 1. The topological polar surface area (TPSA) is 37.4 Å². The van der Waals surface area contributed by atoms with Crippen molar-refractivity contribution in [2.45, 2.75) is 22.6 Å². The van der Waals surface area contributed by atoms with Gasteiger partial charge in [0.1, 0.15) is 0 Å². The molecule has 0 N–H and O–H groups in total. The minimum atomic E-state index is -3.55. The number of para-hydroxylation sites is 2. The number of nitrogens with zero attached hydrogens (tertiary/aromatic N) is 1. The zero-order valence-corrected chi connectivity index (χ0v) is 26.0. The van der Waals surface area contributed by atoms with E-state index < -0.39 is 9.84 Å². The Bertz CT molecular complexity index is 2260. The third-order valence-corrected chi connectivity index (χ3v) is 10.7. The number of hydrogen-bond acceptors (Lipinski definition) is 3. The molecule has 8 rings (SSSR count). The van der Waals surface area contributed by atoms with Crippen LogP contribution in [0.15, 0.2) is 174 Å². The van der Waals surface area contributed by atoms with E-state index in [1.54, 1.807) is 36.4 Å². The lowest BCUT2D eigenvalue weighted by Crippen LogP contribution is -2.12. The van der Waals surface area contributed by atoms with E-state index in [-0.39, 0.29) is 0 Å². The lowest BCUT2D eigenvalue weighted by molar-refractivity contribution is 0.596. The highest BCUT2D eigenvalue weighted by molar-refractivity contribution is 7.91. The lowest BCUT2D eigenvalue weighted by Gasteiger charge is -2.28. The van der Waals surface area contributed by atoms with Crippen molar-refractivity contribution in [1.82, 2.24) is 0 Å². The fraction of sp³-hybridized carbons (Fsp3) is 0.0476. The zero-order chi connectivity index (χ0) is 31.1. The lowest BCUT2D eigenvalue weighted by atomic mass is 9.84. The first-order chi connectivity index (χ1) is 22.5. The fourth-order valence-corrected chi connectivity index (χ4v) is 7.85. The van der Waals surface area contributed by atoms with Crippen molar-refractivity contribution < 1.29 is 8.42 Å². The molecule has 0 heterocycles. The number of anilines is 3. The molecule has 0 aromatic heterocycles. The van der Waals surface area contributed by atoms with E-state index in [0.29, 0.717) is 9.79 Å². The average molecular weight is 614 g/mol. The van der Waals surface area contributed by atoms with Gasteiger partial charge in [-0.05, 0) is 124 Å². The maximum atomic E-state index is 13.1. The predicted molar refractivity (Wildman–Crippen MR) is 188 cm³/mol. The van der Waals surface area contributed by atoms with Crippen LogP contribution in [0.2, 0.25) is 0 Å². The summed E-state index contributed by atoms with van der Waals surface area (Å²) in [5.74, 6) is 0. The van der Waals surface area contributed by atoms with Crippen LogP contribution in [0.25, 0.3) is 21.9 Å². The molecule has 46 heavy (non-hydrogen) atoms. The normalized spacial score (nSPS) is 12.3. The molecule has 4 heteroatoms. The molecule has 1 aliphatic carbocycles. The summed E-state index contributed by atoms with van der Waals surface area (Å²) < 4.78 is 26.1. The quantitative estimate of drug-likeness (QED) is 0.187. The Morgan fingerprint density at radius 3 is 1.57 bits per heavy atom. The highest BCUT2D eigenvalue weighted by Crippen LogP contribution is 2.38. The van der Waals surface area contributed by atoms with Crippen LogP contribution in [0.1, 0.15) is 22.3 Å². The Morgan fingerprint density at radius 1 is 0.391 bits per heavy atom. The number of rotatable bonds is 6. The molecule has 0 bridgehead atoms. The fourth-order valence-electron chi connectivity index (χ4n) is 6.56. The molecule has 1 aliphatic rings. The van der Waals surface area contributed by atoms with E-state index in [2.05, 4.69) is 114 Å². The molecule has 0 saturated heterocycles. The molecule has 0 saturated carbocycles. The van der Waals surface area contributed by atoms with Crippen LogP contribution in [0.5, 0.6) is 0 Å². The van der Waals surface area contributed by atoms with Gasteiger partial charge < -0.3 is 4.90 Å². The average Bonchev–Trinajstić information content (AvgIpc) is 3.11. The first kappa shape index (κ1) is 28.1. The second-order valence-corrected chi connectivity index (χ2v) is 13.8.